The molecule has 1 saturated heterocycles. The Labute approximate surface area is 209 Å². The molecule has 9 nitrogen and oxygen atoms in total. The van der Waals surface area contributed by atoms with E-state index in [9.17, 15) is 14.4 Å². The molecule has 4 rings (SSSR count). The molecule has 1 heterocycles. The predicted molar refractivity (Wildman–Crippen MR) is 137 cm³/mol. The van der Waals surface area contributed by atoms with Crippen LogP contribution in [0.4, 0.5) is 16.2 Å². The van der Waals surface area contributed by atoms with E-state index in [1.807, 2.05) is 35.2 Å². The third kappa shape index (κ3) is 7.07. The largest absolute Gasteiger partial charge is 0.478 e. The number of nitrogens with one attached hydrogen (secondary N) is 2. The minimum absolute atomic E-state index is 0.122. The van der Waals surface area contributed by atoms with Gasteiger partial charge in [0.25, 0.3) is 0 Å². The van der Waals surface area contributed by atoms with Crippen molar-refractivity contribution in [1.82, 2.24) is 9.80 Å². The molecule has 186 valence electrons. The molecule has 0 bridgehead atoms. The molecule has 0 aromatic heterocycles. The lowest BCUT2D eigenvalue weighted by Gasteiger charge is -2.22. The second-order valence-electron chi connectivity index (χ2n) is 8.42. The quantitative estimate of drug-likeness (QED) is 0.456. The molecular formula is C27H28N4O5. The van der Waals surface area contributed by atoms with E-state index >= 15 is 0 Å². The molecule has 3 aromatic carbocycles. The van der Waals surface area contributed by atoms with Gasteiger partial charge in [0.1, 0.15) is 11.5 Å². The van der Waals surface area contributed by atoms with Gasteiger partial charge in [-0.3, -0.25) is 9.69 Å². The smallest absolute Gasteiger partial charge is 0.335 e. The van der Waals surface area contributed by atoms with E-state index in [0.29, 0.717) is 43.3 Å². The topological polar surface area (TPSA) is 111 Å². The Bertz CT molecular complexity index is 1180. The van der Waals surface area contributed by atoms with Crippen molar-refractivity contribution in [2.45, 2.75) is 6.42 Å². The summed E-state index contributed by atoms with van der Waals surface area (Å²) in [5.74, 6) is 0.291. The first-order valence-corrected chi connectivity index (χ1v) is 11.7. The van der Waals surface area contributed by atoms with Crippen molar-refractivity contribution < 1.29 is 24.2 Å². The first kappa shape index (κ1) is 24.7. The van der Waals surface area contributed by atoms with Gasteiger partial charge in [0, 0.05) is 37.6 Å². The van der Waals surface area contributed by atoms with Crippen molar-refractivity contribution >= 4 is 29.3 Å². The minimum Gasteiger partial charge on any atom is -0.478 e. The summed E-state index contributed by atoms with van der Waals surface area (Å²) in [6, 6.07) is 22.5. The monoisotopic (exact) mass is 488 g/mol. The lowest BCUT2D eigenvalue weighted by atomic mass is 10.2. The normalized spacial score (nSPS) is 13.9. The van der Waals surface area contributed by atoms with Gasteiger partial charge in [-0.05, 0) is 67.1 Å². The number of benzene rings is 3. The number of nitrogens with zero attached hydrogens (tertiary/aromatic N) is 2. The van der Waals surface area contributed by atoms with Crippen molar-refractivity contribution in [3.8, 4) is 11.5 Å². The van der Waals surface area contributed by atoms with Crippen LogP contribution in [0.3, 0.4) is 0 Å². The summed E-state index contributed by atoms with van der Waals surface area (Å²) in [4.78, 5) is 39.9. The highest BCUT2D eigenvalue weighted by molar-refractivity contribution is 5.93. The molecule has 1 aliphatic heterocycles. The summed E-state index contributed by atoms with van der Waals surface area (Å²) in [5, 5.41) is 14.7. The Kier molecular flexibility index (Phi) is 8.15. The van der Waals surface area contributed by atoms with Crippen LogP contribution in [0, 0.1) is 0 Å². The molecule has 0 aliphatic carbocycles. The van der Waals surface area contributed by atoms with Crippen LogP contribution in [0.5, 0.6) is 11.5 Å². The Morgan fingerprint density at radius 3 is 2.08 bits per heavy atom. The number of carboxylic acids is 1. The molecule has 0 radical (unpaired) electrons. The number of urea groups is 1. The fourth-order valence-corrected chi connectivity index (χ4v) is 3.87. The Hall–Kier alpha value is -4.37. The zero-order valence-electron chi connectivity index (χ0n) is 19.7. The lowest BCUT2D eigenvalue weighted by Crippen LogP contribution is -2.39. The summed E-state index contributed by atoms with van der Waals surface area (Å²) in [6.07, 6.45) is 0.740. The average Bonchev–Trinajstić information content (AvgIpc) is 3.12. The maximum absolute atomic E-state index is 12.6. The van der Waals surface area contributed by atoms with Crippen molar-refractivity contribution in [2.24, 2.45) is 0 Å². The van der Waals surface area contributed by atoms with Crippen LogP contribution < -0.4 is 15.4 Å². The number of para-hydroxylation sites is 1. The number of aromatic carboxylic acids is 1. The molecule has 1 fully saturated rings. The van der Waals surface area contributed by atoms with Gasteiger partial charge in [0.2, 0.25) is 5.91 Å². The van der Waals surface area contributed by atoms with Gasteiger partial charge in [0.05, 0.1) is 12.1 Å². The molecule has 0 atom stereocenters. The van der Waals surface area contributed by atoms with Gasteiger partial charge in [-0.1, -0.05) is 18.2 Å². The van der Waals surface area contributed by atoms with E-state index in [-0.39, 0.29) is 24.0 Å². The lowest BCUT2D eigenvalue weighted by molar-refractivity contribution is -0.117. The van der Waals surface area contributed by atoms with Crippen LogP contribution in [0.1, 0.15) is 16.8 Å². The number of anilines is 2. The standard InChI is InChI=1S/C27H28N4O5/c32-25(28-21-11-13-24(14-12-21)36-23-5-2-1-3-6-23)19-30-15-4-16-31(18-17-30)27(35)29-22-9-7-20(8-10-22)26(33)34/h1-3,5-14H,4,15-19H2,(H,28,32)(H,29,35)(H,33,34). The van der Waals surface area contributed by atoms with Crippen LogP contribution in [0.15, 0.2) is 78.9 Å². The summed E-state index contributed by atoms with van der Waals surface area (Å²) in [5.41, 5.74) is 1.38. The van der Waals surface area contributed by atoms with Crippen LogP contribution in [-0.4, -0.2) is 65.5 Å². The van der Waals surface area contributed by atoms with Crippen molar-refractivity contribution in [3.05, 3.63) is 84.4 Å². The van der Waals surface area contributed by atoms with Crippen molar-refractivity contribution in [2.75, 3.05) is 43.4 Å². The van der Waals surface area contributed by atoms with Crippen LogP contribution in [-0.2, 0) is 4.79 Å². The number of carboxylic acid groups (broad SMARTS) is 1. The molecule has 1 aliphatic rings. The molecule has 0 spiro atoms. The Balaban J connectivity index is 1.22. The number of amides is 3. The highest BCUT2D eigenvalue weighted by Gasteiger charge is 2.21. The molecule has 36 heavy (non-hydrogen) atoms. The zero-order valence-corrected chi connectivity index (χ0v) is 19.7. The molecule has 3 aromatic rings. The molecular weight excluding hydrogens is 460 g/mol. The molecule has 0 saturated carbocycles. The Morgan fingerprint density at radius 1 is 0.750 bits per heavy atom. The highest BCUT2D eigenvalue weighted by Crippen LogP contribution is 2.22. The predicted octanol–water partition coefficient (Wildman–Crippen LogP) is 4.36. The van der Waals surface area contributed by atoms with Crippen LogP contribution in [0.2, 0.25) is 0 Å². The maximum atomic E-state index is 12.6. The summed E-state index contributed by atoms with van der Waals surface area (Å²) < 4.78 is 5.77. The number of carbonyl (C=O) groups excluding carboxylic acids is 2. The van der Waals surface area contributed by atoms with Gasteiger partial charge in [-0.15, -0.1) is 0 Å². The van der Waals surface area contributed by atoms with Gasteiger partial charge in [-0.2, -0.15) is 0 Å². The SMILES string of the molecule is O=C(CN1CCCN(C(=O)Nc2ccc(C(=O)O)cc2)CC1)Nc1ccc(Oc2ccccc2)cc1. The maximum Gasteiger partial charge on any atom is 0.335 e. The van der Waals surface area contributed by atoms with Crippen molar-refractivity contribution in [3.63, 3.8) is 0 Å². The fourth-order valence-electron chi connectivity index (χ4n) is 3.87. The summed E-state index contributed by atoms with van der Waals surface area (Å²) in [7, 11) is 0. The fraction of sp³-hybridized carbons (Fsp3) is 0.222. The third-order valence-corrected chi connectivity index (χ3v) is 5.74. The van der Waals surface area contributed by atoms with Gasteiger partial charge in [0.15, 0.2) is 0 Å². The molecule has 0 unspecified atom stereocenters. The van der Waals surface area contributed by atoms with E-state index in [1.54, 1.807) is 41.3 Å². The van der Waals surface area contributed by atoms with E-state index in [0.717, 1.165) is 12.2 Å². The van der Waals surface area contributed by atoms with E-state index in [1.165, 1.54) is 12.1 Å². The molecule has 3 N–H and O–H groups in total. The van der Waals surface area contributed by atoms with Crippen molar-refractivity contribution in [1.29, 1.82) is 0 Å². The number of hydrogen-bond acceptors (Lipinski definition) is 5. The van der Waals surface area contributed by atoms with E-state index in [4.69, 9.17) is 9.84 Å². The van der Waals surface area contributed by atoms with E-state index in [2.05, 4.69) is 10.6 Å². The first-order valence-electron chi connectivity index (χ1n) is 11.7. The van der Waals surface area contributed by atoms with Crippen LogP contribution >= 0.6 is 0 Å². The number of hydrogen-bond donors (Lipinski definition) is 3. The second-order valence-corrected chi connectivity index (χ2v) is 8.42. The number of carbonyl (C=O) groups is 3. The average molecular weight is 489 g/mol. The van der Waals surface area contributed by atoms with Gasteiger partial charge < -0.3 is 25.4 Å². The second kappa shape index (κ2) is 11.9. The first-order chi connectivity index (χ1) is 17.5. The molecule has 9 heteroatoms. The molecule has 3 amide bonds. The number of ether oxygens (including phenoxy) is 1. The van der Waals surface area contributed by atoms with E-state index < -0.39 is 5.97 Å². The number of rotatable bonds is 7. The zero-order chi connectivity index (χ0) is 25.3. The van der Waals surface area contributed by atoms with Gasteiger partial charge >= 0.3 is 12.0 Å². The minimum atomic E-state index is -1.02. The summed E-state index contributed by atoms with van der Waals surface area (Å²) in [6.45, 7) is 2.56. The summed E-state index contributed by atoms with van der Waals surface area (Å²) >= 11 is 0. The Morgan fingerprint density at radius 2 is 1.39 bits per heavy atom. The van der Waals surface area contributed by atoms with Crippen LogP contribution in [0.25, 0.3) is 0 Å². The third-order valence-electron chi connectivity index (χ3n) is 5.74. The van der Waals surface area contributed by atoms with Gasteiger partial charge in [-0.25, -0.2) is 9.59 Å². The highest BCUT2D eigenvalue weighted by atomic mass is 16.5.